The first-order valence-corrected chi connectivity index (χ1v) is 9.31. The Morgan fingerprint density at radius 2 is 2.20 bits per heavy atom. The molecule has 0 aliphatic heterocycles. The normalized spacial score (nSPS) is 27.7. The second kappa shape index (κ2) is 5.75. The molecule has 0 spiro atoms. The summed E-state index contributed by atoms with van der Waals surface area (Å²) < 4.78 is 27.2. The van der Waals surface area contributed by atoms with Crippen LogP contribution in [0, 0.1) is 19.8 Å². The highest BCUT2D eigenvalue weighted by Gasteiger charge is 2.34. The van der Waals surface area contributed by atoms with Crippen molar-refractivity contribution in [2.45, 2.75) is 57.0 Å². The lowest BCUT2D eigenvalue weighted by Gasteiger charge is -2.35. The molecular weight excluding hydrogens is 294 g/mol. The van der Waals surface area contributed by atoms with E-state index in [0.717, 1.165) is 22.6 Å². The Bertz CT molecular complexity index is 579. The van der Waals surface area contributed by atoms with Crippen LogP contribution >= 0.6 is 11.3 Å². The third kappa shape index (κ3) is 3.61. The van der Waals surface area contributed by atoms with Gasteiger partial charge >= 0.3 is 0 Å². The van der Waals surface area contributed by atoms with Gasteiger partial charge in [-0.2, -0.15) is 0 Å². The van der Waals surface area contributed by atoms with Crippen LogP contribution in [0.5, 0.6) is 0 Å². The van der Waals surface area contributed by atoms with Crippen molar-refractivity contribution in [3.63, 3.8) is 0 Å². The topological polar surface area (TPSA) is 66.4 Å². The summed E-state index contributed by atoms with van der Waals surface area (Å²) in [5.41, 5.74) is -0.899. The van der Waals surface area contributed by atoms with E-state index in [9.17, 15) is 13.5 Å². The van der Waals surface area contributed by atoms with Crippen molar-refractivity contribution in [1.29, 1.82) is 0 Å². The van der Waals surface area contributed by atoms with Crippen LogP contribution in [-0.4, -0.2) is 25.7 Å². The molecule has 1 fully saturated rings. The number of nitrogens with one attached hydrogen (secondary N) is 1. The summed E-state index contributed by atoms with van der Waals surface area (Å²) in [6.45, 7) is 5.91. The van der Waals surface area contributed by atoms with Gasteiger partial charge < -0.3 is 5.11 Å². The first-order chi connectivity index (χ1) is 9.22. The SMILES string of the molecule is Cc1cc(S(=O)(=O)NCC2(O)CCCC(C)C2)c(C)s1. The Balaban J connectivity index is 2.08. The van der Waals surface area contributed by atoms with E-state index in [1.54, 1.807) is 6.07 Å². The van der Waals surface area contributed by atoms with Gasteiger partial charge in [0.05, 0.1) is 10.5 Å². The molecule has 2 rings (SSSR count). The molecule has 0 saturated heterocycles. The van der Waals surface area contributed by atoms with E-state index in [-0.39, 0.29) is 6.54 Å². The minimum absolute atomic E-state index is 0.105. The zero-order chi connectivity index (χ0) is 15.0. The number of aliphatic hydroxyl groups is 1. The largest absolute Gasteiger partial charge is 0.389 e. The van der Waals surface area contributed by atoms with E-state index in [1.807, 2.05) is 13.8 Å². The van der Waals surface area contributed by atoms with Crippen LogP contribution in [0.1, 0.15) is 42.4 Å². The number of thiophene rings is 1. The Morgan fingerprint density at radius 3 is 2.75 bits per heavy atom. The molecule has 0 bridgehead atoms. The molecule has 1 aliphatic carbocycles. The lowest BCUT2D eigenvalue weighted by molar-refractivity contribution is -0.00751. The fourth-order valence-corrected chi connectivity index (χ4v) is 5.65. The maximum atomic E-state index is 12.3. The Morgan fingerprint density at radius 1 is 1.50 bits per heavy atom. The summed E-state index contributed by atoms with van der Waals surface area (Å²) in [6.07, 6.45) is 3.40. The second-order valence-corrected chi connectivity index (χ2v) is 9.22. The average molecular weight is 317 g/mol. The third-order valence-electron chi connectivity index (χ3n) is 3.94. The van der Waals surface area contributed by atoms with Crippen molar-refractivity contribution in [1.82, 2.24) is 4.72 Å². The molecule has 20 heavy (non-hydrogen) atoms. The minimum atomic E-state index is -3.52. The van der Waals surface area contributed by atoms with Crippen LogP contribution in [-0.2, 0) is 10.0 Å². The summed E-state index contributed by atoms with van der Waals surface area (Å²) in [5, 5.41) is 10.5. The maximum Gasteiger partial charge on any atom is 0.241 e. The Hall–Kier alpha value is -0.430. The van der Waals surface area contributed by atoms with Gasteiger partial charge in [-0.05, 0) is 38.7 Å². The fraction of sp³-hybridized carbons (Fsp3) is 0.714. The molecule has 1 aromatic heterocycles. The predicted molar refractivity (Wildman–Crippen MR) is 81.6 cm³/mol. The molecular formula is C14H23NO3S2. The van der Waals surface area contributed by atoms with Gasteiger partial charge in [0.2, 0.25) is 10.0 Å². The molecule has 2 unspecified atom stereocenters. The van der Waals surface area contributed by atoms with Gasteiger partial charge in [-0.15, -0.1) is 11.3 Å². The molecule has 6 heteroatoms. The minimum Gasteiger partial charge on any atom is -0.389 e. The van der Waals surface area contributed by atoms with Crippen molar-refractivity contribution in [2.24, 2.45) is 5.92 Å². The van der Waals surface area contributed by atoms with E-state index in [1.165, 1.54) is 11.3 Å². The highest BCUT2D eigenvalue weighted by Crippen LogP contribution is 2.32. The fourth-order valence-electron chi connectivity index (χ4n) is 2.97. The molecule has 114 valence electrons. The quantitative estimate of drug-likeness (QED) is 0.897. The Labute approximate surface area is 125 Å². The van der Waals surface area contributed by atoms with Crippen molar-refractivity contribution >= 4 is 21.4 Å². The number of sulfonamides is 1. The van der Waals surface area contributed by atoms with Crippen molar-refractivity contribution < 1.29 is 13.5 Å². The summed E-state index contributed by atoms with van der Waals surface area (Å²) in [7, 11) is -3.52. The summed E-state index contributed by atoms with van der Waals surface area (Å²) >= 11 is 1.48. The summed E-state index contributed by atoms with van der Waals surface area (Å²) in [4.78, 5) is 2.11. The smallest absolute Gasteiger partial charge is 0.241 e. The van der Waals surface area contributed by atoms with Gasteiger partial charge in [-0.25, -0.2) is 13.1 Å². The molecule has 0 radical (unpaired) electrons. The van der Waals surface area contributed by atoms with Crippen LogP contribution in [0.3, 0.4) is 0 Å². The second-order valence-electron chi connectivity index (χ2n) is 6.03. The highest BCUT2D eigenvalue weighted by atomic mass is 32.2. The third-order valence-corrected chi connectivity index (χ3v) is 6.57. The lowest BCUT2D eigenvalue weighted by Crippen LogP contribution is -2.45. The lowest BCUT2D eigenvalue weighted by atomic mass is 9.79. The van der Waals surface area contributed by atoms with Gasteiger partial charge in [-0.3, -0.25) is 0 Å². The molecule has 0 aromatic carbocycles. The van der Waals surface area contributed by atoms with Crippen LogP contribution in [0.15, 0.2) is 11.0 Å². The molecule has 1 aromatic rings. The molecule has 1 aliphatic rings. The number of aryl methyl sites for hydroxylation is 2. The van der Waals surface area contributed by atoms with Gasteiger partial charge in [-0.1, -0.05) is 19.8 Å². The van der Waals surface area contributed by atoms with E-state index >= 15 is 0 Å². The first-order valence-electron chi connectivity index (χ1n) is 7.01. The molecule has 0 amide bonds. The first kappa shape index (κ1) is 15.9. The predicted octanol–water partition coefficient (Wildman–Crippen LogP) is 2.58. The standard InChI is InChI=1S/C14H23NO3S2/c1-10-5-4-6-14(16,8-10)9-15-20(17,18)13-7-11(2)19-12(13)3/h7,10,15-16H,4-6,8-9H2,1-3H3. The van der Waals surface area contributed by atoms with Crippen molar-refractivity contribution in [3.05, 3.63) is 15.8 Å². The molecule has 1 heterocycles. The van der Waals surface area contributed by atoms with Gasteiger partial charge in [0.1, 0.15) is 0 Å². The van der Waals surface area contributed by atoms with E-state index in [4.69, 9.17) is 0 Å². The number of hydrogen-bond donors (Lipinski definition) is 2. The van der Waals surface area contributed by atoms with Gasteiger partial charge in [0.15, 0.2) is 0 Å². The van der Waals surface area contributed by atoms with Crippen molar-refractivity contribution in [2.75, 3.05) is 6.54 Å². The molecule has 2 N–H and O–H groups in total. The number of rotatable bonds is 4. The summed E-state index contributed by atoms with van der Waals surface area (Å²) in [6, 6.07) is 1.69. The number of hydrogen-bond acceptors (Lipinski definition) is 4. The zero-order valence-electron chi connectivity index (χ0n) is 12.3. The Kier molecular flexibility index (Phi) is 4.59. The van der Waals surface area contributed by atoms with Crippen LogP contribution in [0.4, 0.5) is 0 Å². The maximum absolute atomic E-state index is 12.3. The highest BCUT2D eigenvalue weighted by molar-refractivity contribution is 7.89. The summed E-state index contributed by atoms with van der Waals surface area (Å²) in [5.74, 6) is 0.448. The molecule has 2 atom stereocenters. The van der Waals surface area contributed by atoms with E-state index < -0.39 is 15.6 Å². The van der Waals surface area contributed by atoms with Crippen LogP contribution in [0.25, 0.3) is 0 Å². The molecule has 1 saturated carbocycles. The molecule has 4 nitrogen and oxygen atoms in total. The van der Waals surface area contributed by atoms with E-state index in [0.29, 0.717) is 23.7 Å². The van der Waals surface area contributed by atoms with Crippen molar-refractivity contribution in [3.8, 4) is 0 Å². The average Bonchev–Trinajstić information content (AvgIpc) is 2.67. The van der Waals surface area contributed by atoms with E-state index in [2.05, 4.69) is 11.6 Å². The van der Waals surface area contributed by atoms with Gasteiger partial charge in [0.25, 0.3) is 0 Å². The van der Waals surface area contributed by atoms with Gasteiger partial charge in [0, 0.05) is 16.3 Å². The monoisotopic (exact) mass is 317 g/mol. The van der Waals surface area contributed by atoms with Crippen LogP contribution in [0.2, 0.25) is 0 Å². The zero-order valence-corrected chi connectivity index (χ0v) is 13.9. The van der Waals surface area contributed by atoms with Crippen LogP contribution < -0.4 is 4.72 Å².